The third-order valence-electron chi connectivity index (χ3n) is 2.58. The van der Waals surface area contributed by atoms with Crippen molar-refractivity contribution in [2.24, 2.45) is 0 Å². The van der Waals surface area contributed by atoms with Crippen LogP contribution in [0.2, 0.25) is 0 Å². The zero-order valence-corrected chi connectivity index (χ0v) is 13.4. The Morgan fingerprint density at radius 2 is 1.13 bits per heavy atom. The molecule has 0 rings (SSSR count). The minimum absolute atomic E-state index is 0. The Hall–Kier alpha value is 1.02. The normalized spacial score (nSPS) is 9.67. The van der Waals surface area contributed by atoms with E-state index in [1.54, 1.807) is 0 Å². The van der Waals surface area contributed by atoms with Gasteiger partial charge < -0.3 is 0 Å². The molecule has 0 spiro atoms. The standard InChI is InChI=1S/C12H25OS.Na/c1-2-3-4-5-6-7-8-9-10-11-12-14-13;/h2-12H2,1H3;/q+1;. The second-order valence-corrected chi connectivity index (χ2v) is 4.65. The second-order valence-electron chi connectivity index (χ2n) is 4.00. The largest absolute Gasteiger partial charge is 0.458 e. The van der Waals surface area contributed by atoms with E-state index in [2.05, 4.69) is 6.92 Å². The van der Waals surface area contributed by atoms with E-state index in [1.165, 1.54) is 57.8 Å². The van der Waals surface area contributed by atoms with Crippen LogP contribution in [0.15, 0.2) is 0 Å². The number of hydrogen-bond acceptors (Lipinski definition) is 1. The summed E-state index contributed by atoms with van der Waals surface area (Å²) >= 11 is 0.729. The summed E-state index contributed by atoms with van der Waals surface area (Å²) < 4.78 is 10.1. The molecule has 0 saturated carbocycles. The molecule has 0 fully saturated rings. The molecule has 3 heteroatoms. The molecule has 15 heavy (non-hydrogen) atoms. The Balaban J connectivity index is 0. The summed E-state index contributed by atoms with van der Waals surface area (Å²) in [4.78, 5) is 0. The van der Waals surface area contributed by atoms with Crippen molar-refractivity contribution >= 4 is 41.2 Å². The predicted molar refractivity (Wildman–Crippen MR) is 70.5 cm³/mol. The molecule has 0 unspecified atom stereocenters. The van der Waals surface area contributed by atoms with E-state index in [1.807, 2.05) is 0 Å². The Morgan fingerprint density at radius 3 is 1.53 bits per heavy atom. The van der Waals surface area contributed by atoms with E-state index in [4.69, 9.17) is 0 Å². The molecule has 0 bridgehead atoms. The van der Waals surface area contributed by atoms with Crippen molar-refractivity contribution in [1.29, 1.82) is 0 Å². The number of unbranched alkanes of at least 4 members (excludes halogenated alkanes) is 9. The zero-order valence-electron chi connectivity index (χ0n) is 10.6. The van der Waals surface area contributed by atoms with Crippen molar-refractivity contribution in [1.82, 2.24) is 0 Å². The Labute approximate surface area is 122 Å². The summed E-state index contributed by atoms with van der Waals surface area (Å²) in [6.07, 6.45) is 13.5. The molecular formula is C12H25NaOS+. The van der Waals surface area contributed by atoms with Crippen LogP contribution in [0, 0.1) is 0 Å². The second kappa shape index (κ2) is 17.4. The molecule has 0 amide bonds. The van der Waals surface area contributed by atoms with Gasteiger partial charge in [0, 0.05) is 40.2 Å². The minimum Gasteiger partial charge on any atom is -0.0654 e. The molecule has 0 aliphatic carbocycles. The van der Waals surface area contributed by atoms with E-state index < -0.39 is 0 Å². The van der Waals surface area contributed by atoms with Gasteiger partial charge in [0.05, 0.1) is 0 Å². The first kappa shape index (κ1) is 18.4. The van der Waals surface area contributed by atoms with Crippen molar-refractivity contribution < 1.29 is 4.21 Å². The molecule has 1 radical (unpaired) electrons. The van der Waals surface area contributed by atoms with Crippen molar-refractivity contribution in [3.63, 3.8) is 0 Å². The van der Waals surface area contributed by atoms with Crippen LogP contribution in [-0.4, -0.2) is 35.3 Å². The third-order valence-corrected chi connectivity index (χ3v) is 3.04. The summed E-state index contributed by atoms with van der Waals surface area (Å²) in [6.45, 7) is 2.26. The summed E-state index contributed by atoms with van der Waals surface area (Å²) in [7, 11) is 0. The monoisotopic (exact) mass is 240 g/mol. The fourth-order valence-electron chi connectivity index (χ4n) is 1.65. The fourth-order valence-corrected chi connectivity index (χ4v) is 1.97. The van der Waals surface area contributed by atoms with Crippen LogP contribution in [0.3, 0.4) is 0 Å². The summed E-state index contributed by atoms with van der Waals surface area (Å²) in [5.74, 6) is 0.802. The smallest absolute Gasteiger partial charge is 0.0654 e. The van der Waals surface area contributed by atoms with Gasteiger partial charge in [-0.25, -0.2) is 0 Å². The van der Waals surface area contributed by atoms with Crippen molar-refractivity contribution in [2.75, 3.05) is 5.75 Å². The molecule has 0 heterocycles. The maximum absolute atomic E-state index is 10.1. The predicted octanol–water partition coefficient (Wildman–Crippen LogP) is 3.95. The first-order chi connectivity index (χ1) is 6.91. The van der Waals surface area contributed by atoms with Gasteiger partial charge in [-0.3, -0.25) is 0 Å². The van der Waals surface area contributed by atoms with Crippen LogP contribution in [0.1, 0.15) is 71.1 Å². The summed E-state index contributed by atoms with van der Waals surface area (Å²) in [5, 5.41) is 0. The van der Waals surface area contributed by atoms with Gasteiger partial charge in [0.15, 0.2) is 0 Å². The van der Waals surface area contributed by atoms with E-state index in [9.17, 15) is 4.21 Å². The van der Waals surface area contributed by atoms with Crippen LogP contribution in [0.5, 0.6) is 0 Å². The van der Waals surface area contributed by atoms with Gasteiger partial charge in [0.1, 0.15) is 0 Å². The van der Waals surface area contributed by atoms with Crippen molar-refractivity contribution in [2.45, 2.75) is 71.1 Å². The quantitative estimate of drug-likeness (QED) is 0.303. The molecule has 0 atom stereocenters. The van der Waals surface area contributed by atoms with Gasteiger partial charge in [0.25, 0.3) is 0 Å². The van der Waals surface area contributed by atoms with Crippen LogP contribution < -0.4 is 0 Å². The Bertz CT molecular complexity index is 120. The van der Waals surface area contributed by atoms with Crippen LogP contribution >= 0.6 is 0 Å². The third kappa shape index (κ3) is 17.6. The molecule has 0 aliphatic heterocycles. The Kier molecular flexibility index (Phi) is 21.3. The minimum atomic E-state index is 0. The maximum atomic E-state index is 10.1. The maximum Gasteiger partial charge on any atom is 0.458 e. The van der Waals surface area contributed by atoms with Gasteiger partial charge in [-0.2, -0.15) is 0 Å². The van der Waals surface area contributed by atoms with Gasteiger partial charge in [0.2, 0.25) is 5.75 Å². The van der Waals surface area contributed by atoms with Gasteiger partial charge in [-0.1, -0.05) is 58.3 Å². The Morgan fingerprint density at radius 1 is 0.733 bits per heavy atom. The van der Waals surface area contributed by atoms with Gasteiger partial charge in [-0.05, 0) is 6.42 Å². The van der Waals surface area contributed by atoms with Crippen molar-refractivity contribution in [3.8, 4) is 0 Å². The van der Waals surface area contributed by atoms with Crippen LogP contribution in [-0.2, 0) is 15.9 Å². The SMILES string of the molecule is CCCCCCCCCCCC[S+]=O.[Na]. The molecule has 0 aromatic rings. The van der Waals surface area contributed by atoms with E-state index in [0.29, 0.717) is 0 Å². The average Bonchev–Trinajstić information content (AvgIpc) is 2.21. The van der Waals surface area contributed by atoms with Gasteiger partial charge >= 0.3 is 11.7 Å². The molecule has 0 aromatic carbocycles. The first-order valence-electron chi connectivity index (χ1n) is 6.16. The van der Waals surface area contributed by atoms with Crippen molar-refractivity contribution in [3.05, 3.63) is 0 Å². The van der Waals surface area contributed by atoms with Gasteiger partial charge in [-0.15, -0.1) is 0 Å². The molecule has 0 aliphatic rings. The zero-order chi connectivity index (χ0) is 10.5. The molecule has 0 aromatic heterocycles. The van der Waals surface area contributed by atoms with E-state index >= 15 is 0 Å². The summed E-state index contributed by atoms with van der Waals surface area (Å²) in [5.41, 5.74) is 0. The molecule has 1 nitrogen and oxygen atoms in total. The van der Waals surface area contributed by atoms with Crippen LogP contribution in [0.25, 0.3) is 0 Å². The fraction of sp³-hybridized carbons (Fsp3) is 1.00. The number of rotatable bonds is 11. The topological polar surface area (TPSA) is 17.1 Å². The molecule has 0 saturated heterocycles. The first-order valence-corrected chi connectivity index (χ1v) is 7.07. The number of hydrogen-bond donors (Lipinski definition) is 0. The van der Waals surface area contributed by atoms with E-state index in [0.717, 1.165) is 23.8 Å². The van der Waals surface area contributed by atoms with E-state index in [-0.39, 0.29) is 29.6 Å². The molecular weight excluding hydrogens is 215 g/mol. The average molecular weight is 240 g/mol. The summed E-state index contributed by atoms with van der Waals surface area (Å²) in [6, 6.07) is 0. The van der Waals surface area contributed by atoms with Crippen LogP contribution in [0.4, 0.5) is 0 Å². The molecule has 0 N–H and O–H groups in total. The molecule has 85 valence electrons.